The predicted molar refractivity (Wildman–Crippen MR) is 92.1 cm³/mol. The minimum absolute atomic E-state index is 0.0290. The van der Waals surface area contributed by atoms with Crippen LogP contribution in [0.4, 0.5) is 4.79 Å². The van der Waals surface area contributed by atoms with Gasteiger partial charge in [-0.3, -0.25) is 24.1 Å². The molecule has 0 aromatic heterocycles. The number of carbonyl (C=O) groups excluding carboxylic acids is 4. The Bertz CT molecular complexity index is 661. The van der Waals surface area contributed by atoms with Crippen molar-refractivity contribution in [1.29, 1.82) is 0 Å². The average molecular weight is 365 g/mol. The van der Waals surface area contributed by atoms with Gasteiger partial charge in [-0.25, -0.2) is 0 Å². The first-order chi connectivity index (χ1) is 11.9. The van der Waals surface area contributed by atoms with Gasteiger partial charge in [-0.05, 0) is 24.6 Å². The predicted octanol–water partition coefficient (Wildman–Crippen LogP) is 0.684. The Labute approximate surface area is 149 Å². The van der Waals surface area contributed by atoms with Gasteiger partial charge in [0.1, 0.15) is 5.75 Å². The van der Waals surface area contributed by atoms with Crippen LogP contribution in [0.25, 0.3) is 0 Å². The fraction of sp³-hybridized carbons (Fsp3) is 0.375. The molecule has 25 heavy (non-hydrogen) atoms. The van der Waals surface area contributed by atoms with E-state index in [1.165, 1.54) is 0 Å². The Morgan fingerprint density at radius 1 is 1.24 bits per heavy atom. The van der Waals surface area contributed by atoms with Gasteiger partial charge >= 0.3 is 11.8 Å². The Morgan fingerprint density at radius 2 is 1.92 bits per heavy atom. The summed E-state index contributed by atoms with van der Waals surface area (Å²) in [7, 11) is 1.56. The summed E-state index contributed by atoms with van der Waals surface area (Å²) in [5, 5.41) is 4.65. The van der Waals surface area contributed by atoms with Crippen LogP contribution in [0.2, 0.25) is 0 Å². The van der Waals surface area contributed by atoms with Crippen molar-refractivity contribution < 1.29 is 23.9 Å². The van der Waals surface area contributed by atoms with E-state index >= 15 is 0 Å². The molecule has 2 rings (SSSR count). The zero-order chi connectivity index (χ0) is 18.4. The standard InChI is InChI=1S/C16H19N3O5S/c1-10(11-3-5-12(24-2)6-4-11)18-15(22)14(21)17-7-8-19-13(20)9-25-16(19)23/h3-6,10H,7-9H2,1-2H3,(H,17,21)(H,18,22). The lowest BCUT2D eigenvalue weighted by Crippen LogP contribution is -2.44. The number of thioether (sulfide) groups is 1. The molecule has 8 nitrogen and oxygen atoms in total. The number of hydrogen-bond acceptors (Lipinski definition) is 6. The van der Waals surface area contributed by atoms with Gasteiger partial charge in [0.15, 0.2) is 0 Å². The summed E-state index contributed by atoms with van der Waals surface area (Å²) in [5.41, 5.74) is 0.826. The van der Waals surface area contributed by atoms with Crippen LogP contribution in [-0.2, 0) is 14.4 Å². The molecule has 0 saturated carbocycles. The maximum absolute atomic E-state index is 11.9. The Morgan fingerprint density at radius 3 is 2.48 bits per heavy atom. The molecule has 1 atom stereocenters. The fourth-order valence-corrected chi connectivity index (χ4v) is 2.95. The maximum atomic E-state index is 11.9. The molecule has 1 heterocycles. The van der Waals surface area contributed by atoms with Crippen molar-refractivity contribution >= 4 is 34.7 Å². The van der Waals surface area contributed by atoms with Crippen molar-refractivity contribution in [2.24, 2.45) is 0 Å². The van der Waals surface area contributed by atoms with Gasteiger partial charge in [-0.2, -0.15) is 0 Å². The van der Waals surface area contributed by atoms with Crippen molar-refractivity contribution in [2.45, 2.75) is 13.0 Å². The van der Waals surface area contributed by atoms with Gasteiger partial charge in [0.25, 0.3) is 5.24 Å². The molecule has 2 N–H and O–H groups in total. The summed E-state index contributed by atoms with van der Waals surface area (Å²) < 4.78 is 5.06. The van der Waals surface area contributed by atoms with Crippen LogP contribution in [0.5, 0.6) is 5.75 Å². The highest BCUT2D eigenvalue weighted by molar-refractivity contribution is 8.14. The minimum Gasteiger partial charge on any atom is -0.497 e. The molecule has 4 amide bonds. The molecule has 0 spiro atoms. The number of nitrogens with zero attached hydrogens (tertiary/aromatic N) is 1. The SMILES string of the molecule is COc1ccc(C(C)NC(=O)C(=O)NCCN2C(=O)CSC2=O)cc1. The Balaban J connectivity index is 1.78. The number of hydrogen-bond donors (Lipinski definition) is 2. The van der Waals surface area contributed by atoms with Crippen molar-refractivity contribution in [3.05, 3.63) is 29.8 Å². The van der Waals surface area contributed by atoms with Crippen LogP contribution in [0, 0.1) is 0 Å². The van der Waals surface area contributed by atoms with E-state index in [2.05, 4.69) is 10.6 Å². The second kappa shape index (κ2) is 8.52. The lowest BCUT2D eigenvalue weighted by atomic mass is 10.1. The Kier molecular flexibility index (Phi) is 6.40. The summed E-state index contributed by atoms with van der Waals surface area (Å²) in [6.45, 7) is 1.84. The van der Waals surface area contributed by atoms with Crippen LogP contribution >= 0.6 is 11.8 Å². The van der Waals surface area contributed by atoms with E-state index in [4.69, 9.17) is 4.74 Å². The number of benzene rings is 1. The van der Waals surface area contributed by atoms with Gasteiger partial charge in [-0.1, -0.05) is 23.9 Å². The van der Waals surface area contributed by atoms with Crippen LogP contribution in [0.1, 0.15) is 18.5 Å². The second-order valence-electron chi connectivity index (χ2n) is 5.32. The smallest absolute Gasteiger partial charge is 0.309 e. The molecule has 1 aliphatic heterocycles. The molecule has 1 fully saturated rings. The quantitative estimate of drug-likeness (QED) is 0.719. The third-order valence-corrected chi connectivity index (χ3v) is 4.49. The van der Waals surface area contributed by atoms with Crippen LogP contribution in [-0.4, -0.2) is 53.8 Å². The number of nitrogens with one attached hydrogen (secondary N) is 2. The zero-order valence-electron chi connectivity index (χ0n) is 13.9. The van der Waals surface area contributed by atoms with Crippen molar-refractivity contribution in [3.63, 3.8) is 0 Å². The molecule has 0 aliphatic carbocycles. The molecule has 1 aromatic carbocycles. The first kappa shape index (κ1) is 18.8. The number of ether oxygens (including phenoxy) is 1. The van der Waals surface area contributed by atoms with E-state index in [0.717, 1.165) is 22.2 Å². The molecule has 134 valence electrons. The summed E-state index contributed by atoms with van der Waals surface area (Å²) >= 11 is 0.924. The van der Waals surface area contributed by atoms with Gasteiger partial charge in [-0.15, -0.1) is 0 Å². The topological polar surface area (TPSA) is 105 Å². The molecule has 0 radical (unpaired) electrons. The summed E-state index contributed by atoms with van der Waals surface area (Å²) in [5.74, 6) is -1.07. The van der Waals surface area contributed by atoms with Crippen LogP contribution < -0.4 is 15.4 Å². The lowest BCUT2D eigenvalue weighted by Gasteiger charge is -2.15. The number of amides is 4. The first-order valence-electron chi connectivity index (χ1n) is 7.62. The first-order valence-corrected chi connectivity index (χ1v) is 8.60. The highest BCUT2D eigenvalue weighted by atomic mass is 32.2. The zero-order valence-corrected chi connectivity index (χ0v) is 14.7. The monoisotopic (exact) mass is 365 g/mol. The number of carbonyl (C=O) groups is 4. The van der Waals surface area contributed by atoms with Gasteiger partial charge in [0, 0.05) is 13.1 Å². The molecule has 1 unspecified atom stereocenters. The lowest BCUT2D eigenvalue weighted by molar-refractivity contribution is -0.139. The Hall–Kier alpha value is -2.55. The third-order valence-electron chi connectivity index (χ3n) is 3.63. The summed E-state index contributed by atoms with van der Waals surface area (Å²) in [6.07, 6.45) is 0. The molecule has 9 heteroatoms. The molecule has 1 saturated heterocycles. The van der Waals surface area contributed by atoms with Gasteiger partial charge < -0.3 is 15.4 Å². The summed E-state index contributed by atoms with van der Waals surface area (Å²) in [6, 6.07) is 6.76. The van der Waals surface area contributed by atoms with Crippen LogP contribution in [0.15, 0.2) is 24.3 Å². The van der Waals surface area contributed by atoms with E-state index in [0.29, 0.717) is 5.75 Å². The van der Waals surface area contributed by atoms with Crippen molar-refractivity contribution in [2.75, 3.05) is 26.0 Å². The third kappa shape index (κ3) is 4.96. The molecule has 1 aromatic rings. The van der Waals surface area contributed by atoms with Crippen molar-refractivity contribution in [1.82, 2.24) is 15.5 Å². The minimum atomic E-state index is -0.813. The fourth-order valence-electron chi connectivity index (χ4n) is 2.20. The van der Waals surface area contributed by atoms with Crippen LogP contribution in [0.3, 0.4) is 0 Å². The van der Waals surface area contributed by atoms with E-state index in [1.54, 1.807) is 38.3 Å². The average Bonchev–Trinajstić information content (AvgIpc) is 2.93. The molecule has 0 bridgehead atoms. The van der Waals surface area contributed by atoms with E-state index in [1.807, 2.05) is 0 Å². The number of imide groups is 1. The van der Waals surface area contributed by atoms with E-state index in [9.17, 15) is 19.2 Å². The maximum Gasteiger partial charge on any atom is 0.309 e. The van der Waals surface area contributed by atoms with Gasteiger partial charge in [0.05, 0.1) is 18.9 Å². The number of rotatable bonds is 6. The van der Waals surface area contributed by atoms with Crippen molar-refractivity contribution in [3.8, 4) is 5.75 Å². The molecular weight excluding hydrogens is 346 g/mol. The van der Waals surface area contributed by atoms with Gasteiger partial charge in [0.2, 0.25) is 5.91 Å². The highest BCUT2D eigenvalue weighted by Gasteiger charge is 2.29. The van der Waals surface area contributed by atoms with E-state index in [-0.39, 0.29) is 36.0 Å². The normalized spacial score (nSPS) is 15.0. The largest absolute Gasteiger partial charge is 0.497 e. The second-order valence-corrected chi connectivity index (χ2v) is 6.25. The highest BCUT2D eigenvalue weighted by Crippen LogP contribution is 2.18. The van der Waals surface area contributed by atoms with E-state index < -0.39 is 11.8 Å². The molecule has 1 aliphatic rings. The summed E-state index contributed by atoms with van der Waals surface area (Å²) in [4.78, 5) is 47.6. The number of methoxy groups -OCH3 is 1. The molecular formula is C16H19N3O5S.